The fourth-order valence-electron chi connectivity index (χ4n) is 4.27. The predicted molar refractivity (Wildman–Crippen MR) is 142 cm³/mol. The monoisotopic (exact) mass is 548 g/mol. The first-order chi connectivity index (χ1) is 17.9. The third kappa shape index (κ3) is 7.41. The van der Waals surface area contributed by atoms with Crippen LogP contribution in [0.1, 0.15) is 66.7 Å². The number of esters is 1. The molecule has 1 unspecified atom stereocenters. The Kier molecular flexibility index (Phi) is 11.5. The first kappa shape index (κ1) is 31.0. The second-order valence-electron chi connectivity index (χ2n) is 9.49. The molecule has 1 aliphatic heterocycles. The Bertz CT molecular complexity index is 1040. The van der Waals surface area contributed by atoms with Gasteiger partial charge in [0.1, 0.15) is 6.04 Å². The number of hydrogen-bond acceptors (Lipinski definition) is 9. The van der Waals surface area contributed by atoms with Gasteiger partial charge in [0.05, 0.1) is 29.5 Å². The smallest absolute Gasteiger partial charge is 0.305 e. The van der Waals surface area contributed by atoms with Crippen molar-refractivity contribution in [2.75, 3.05) is 20.7 Å². The molecule has 0 aliphatic carbocycles. The molecule has 1 heterocycles. The van der Waals surface area contributed by atoms with Crippen molar-refractivity contribution in [3.05, 3.63) is 35.4 Å². The zero-order valence-electron chi connectivity index (χ0n) is 22.1. The van der Waals surface area contributed by atoms with E-state index in [0.29, 0.717) is 11.1 Å². The Morgan fingerprint density at radius 2 is 1.63 bits per heavy atom. The summed E-state index contributed by atoms with van der Waals surface area (Å²) in [6, 6.07) is 4.16. The van der Waals surface area contributed by atoms with Crippen LogP contribution in [0, 0.1) is 5.92 Å². The Balaban J connectivity index is 2.19. The SMILES string of the molecule is CNC(=O)[C@H](CCC(=O)OC)N(C(=O)C(S)CCCN1C(=O)c2ccccc2C1=O)C(=O)[C@@H](N)CC(C)C. The maximum atomic E-state index is 13.5. The van der Waals surface area contributed by atoms with Crippen LogP contribution in [0.3, 0.4) is 0 Å². The minimum absolute atomic E-state index is 0.0471. The zero-order valence-corrected chi connectivity index (χ0v) is 23.0. The molecule has 11 nitrogen and oxygen atoms in total. The molecule has 2 rings (SSSR count). The van der Waals surface area contributed by atoms with E-state index >= 15 is 0 Å². The first-order valence-corrected chi connectivity index (χ1v) is 13.0. The summed E-state index contributed by atoms with van der Waals surface area (Å²) in [5.41, 5.74) is 6.75. The molecule has 0 aromatic heterocycles. The highest BCUT2D eigenvalue weighted by atomic mass is 32.1. The van der Waals surface area contributed by atoms with Gasteiger partial charge in [0.2, 0.25) is 17.7 Å². The van der Waals surface area contributed by atoms with Gasteiger partial charge in [0.25, 0.3) is 11.8 Å². The number of carbonyl (C=O) groups excluding carboxylic acids is 6. The van der Waals surface area contributed by atoms with Crippen LogP contribution >= 0.6 is 12.6 Å². The molecule has 0 saturated carbocycles. The molecular formula is C26H36N4O7S. The van der Waals surface area contributed by atoms with Gasteiger partial charge in [-0.1, -0.05) is 26.0 Å². The molecule has 1 aromatic rings. The molecule has 0 fully saturated rings. The molecule has 1 aromatic carbocycles. The van der Waals surface area contributed by atoms with Crippen molar-refractivity contribution in [3.63, 3.8) is 0 Å². The van der Waals surface area contributed by atoms with Crippen LogP contribution in [0.4, 0.5) is 0 Å². The highest BCUT2D eigenvalue weighted by Crippen LogP contribution is 2.24. The standard InChI is InChI=1S/C26H36N4O7S/c1-15(2)14-18(27)25(35)30(19(22(32)28-3)11-12-21(31)37-4)26(36)20(38)10-7-13-29-23(33)16-8-5-6-9-17(16)24(29)34/h5-6,8-9,15,18-20,38H,7,10-14,27H2,1-4H3,(H,28,32)/t18-,19-,20?/m0/s1. The molecular weight excluding hydrogens is 512 g/mol. The number of ether oxygens (including phenoxy) is 1. The van der Waals surface area contributed by atoms with Crippen molar-refractivity contribution in [3.8, 4) is 0 Å². The highest BCUT2D eigenvalue weighted by molar-refractivity contribution is 7.81. The third-order valence-electron chi connectivity index (χ3n) is 6.25. The largest absolute Gasteiger partial charge is 0.469 e. The van der Waals surface area contributed by atoms with Crippen molar-refractivity contribution in [1.82, 2.24) is 15.1 Å². The summed E-state index contributed by atoms with van der Waals surface area (Å²) in [5, 5.41) is 1.39. The number of rotatable bonds is 13. The van der Waals surface area contributed by atoms with E-state index in [0.717, 1.165) is 9.80 Å². The van der Waals surface area contributed by atoms with Crippen LogP contribution in [0.25, 0.3) is 0 Å². The number of fused-ring (bicyclic) bond motifs is 1. The second-order valence-corrected chi connectivity index (χ2v) is 10.1. The van der Waals surface area contributed by atoms with Gasteiger partial charge in [-0.15, -0.1) is 0 Å². The quantitative estimate of drug-likeness (QED) is 0.188. The molecule has 0 radical (unpaired) electrons. The lowest BCUT2D eigenvalue weighted by molar-refractivity contribution is -0.154. The number of benzene rings is 1. The molecule has 12 heteroatoms. The fourth-order valence-corrected chi connectivity index (χ4v) is 4.58. The number of nitrogens with two attached hydrogens (primary N) is 1. The number of methoxy groups -OCH3 is 1. The van der Waals surface area contributed by atoms with Crippen LogP contribution in [-0.4, -0.2) is 83.3 Å². The van der Waals surface area contributed by atoms with Crippen LogP contribution in [0.15, 0.2) is 24.3 Å². The average Bonchev–Trinajstić information content (AvgIpc) is 3.14. The summed E-state index contributed by atoms with van der Waals surface area (Å²) in [6.07, 6.45) is 0.251. The normalized spacial score (nSPS) is 15.1. The molecule has 3 N–H and O–H groups in total. The Morgan fingerprint density at radius 1 is 1.05 bits per heavy atom. The maximum absolute atomic E-state index is 13.5. The van der Waals surface area contributed by atoms with Crippen molar-refractivity contribution < 1.29 is 33.5 Å². The molecule has 0 bridgehead atoms. The fraction of sp³-hybridized carbons (Fsp3) is 0.538. The maximum Gasteiger partial charge on any atom is 0.305 e. The summed E-state index contributed by atoms with van der Waals surface area (Å²) in [4.78, 5) is 78.5. The lowest BCUT2D eigenvalue weighted by Gasteiger charge is -2.33. The molecule has 3 atom stereocenters. The number of nitrogens with one attached hydrogen (secondary N) is 1. The molecule has 208 valence electrons. The Labute approximate surface area is 227 Å². The van der Waals surface area contributed by atoms with Gasteiger partial charge in [-0.05, 0) is 43.7 Å². The van der Waals surface area contributed by atoms with Crippen molar-refractivity contribution in [1.29, 1.82) is 0 Å². The topological polar surface area (TPSA) is 156 Å². The van der Waals surface area contributed by atoms with Gasteiger partial charge in [-0.3, -0.25) is 38.6 Å². The molecule has 1 aliphatic rings. The van der Waals surface area contributed by atoms with Gasteiger partial charge >= 0.3 is 5.97 Å². The Morgan fingerprint density at radius 3 is 2.13 bits per heavy atom. The van der Waals surface area contributed by atoms with Crippen molar-refractivity contribution in [2.45, 2.75) is 63.3 Å². The summed E-state index contributed by atoms with van der Waals surface area (Å²) < 4.78 is 4.65. The van der Waals surface area contributed by atoms with Crippen LogP contribution in [0.2, 0.25) is 0 Å². The second kappa shape index (κ2) is 14.1. The lowest BCUT2D eigenvalue weighted by Crippen LogP contribution is -2.58. The number of carbonyl (C=O) groups is 6. The van der Waals surface area contributed by atoms with Gasteiger partial charge in [0, 0.05) is 20.0 Å². The molecule has 0 saturated heterocycles. The predicted octanol–water partition coefficient (Wildman–Crippen LogP) is 1.16. The van der Waals surface area contributed by atoms with Crippen molar-refractivity contribution >= 4 is 48.1 Å². The van der Waals surface area contributed by atoms with Gasteiger partial charge in [-0.25, -0.2) is 0 Å². The van der Waals surface area contributed by atoms with E-state index in [1.165, 1.54) is 14.2 Å². The third-order valence-corrected chi connectivity index (χ3v) is 6.73. The number of amides is 5. The van der Waals surface area contributed by atoms with E-state index in [2.05, 4.69) is 22.7 Å². The summed E-state index contributed by atoms with van der Waals surface area (Å²) in [6.45, 7) is 3.79. The van der Waals surface area contributed by atoms with E-state index in [4.69, 9.17) is 5.73 Å². The number of thiol groups is 1. The first-order valence-electron chi connectivity index (χ1n) is 12.5. The average molecular weight is 549 g/mol. The highest BCUT2D eigenvalue weighted by Gasteiger charge is 2.40. The zero-order chi connectivity index (χ0) is 28.6. The van der Waals surface area contributed by atoms with E-state index < -0.39 is 52.8 Å². The number of nitrogens with zero attached hydrogens (tertiary/aromatic N) is 2. The minimum Gasteiger partial charge on any atom is -0.469 e. The van der Waals surface area contributed by atoms with Gasteiger partial charge < -0.3 is 15.8 Å². The summed E-state index contributed by atoms with van der Waals surface area (Å²) >= 11 is 4.39. The van der Waals surface area contributed by atoms with E-state index in [-0.39, 0.29) is 44.6 Å². The van der Waals surface area contributed by atoms with Gasteiger partial charge in [-0.2, -0.15) is 12.6 Å². The number of likely N-dealkylation sites (N-methyl/N-ethyl adjacent to an activating group) is 1. The summed E-state index contributed by atoms with van der Waals surface area (Å²) in [5.74, 6) is -3.52. The lowest BCUT2D eigenvalue weighted by atomic mass is 10.0. The summed E-state index contributed by atoms with van der Waals surface area (Å²) in [7, 11) is 2.55. The van der Waals surface area contributed by atoms with E-state index in [9.17, 15) is 28.8 Å². The minimum atomic E-state index is -1.30. The van der Waals surface area contributed by atoms with Crippen molar-refractivity contribution in [2.24, 2.45) is 11.7 Å². The van der Waals surface area contributed by atoms with Crippen LogP contribution < -0.4 is 11.1 Å². The van der Waals surface area contributed by atoms with Gasteiger partial charge in [0.15, 0.2) is 0 Å². The molecule has 38 heavy (non-hydrogen) atoms. The Hall–Kier alpha value is -3.25. The molecule has 5 amide bonds. The molecule has 0 spiro atoms. The van der Waals surface area contributed by atoms with Crippen LogP contribution in [-0.2, 0) is 23.9 Å². The van der Waals surface area contributed by atoms with E-state index in [1.54, 1.807) is 24.3 Å². The number of imide groups is 2. The number of hydrogen-bond donors (Lipinski definition) is 3. The van der Waals surface area contributed by atoms with E-state index in [1.807, 2.05) is 13.8 Å². The van der Waals surface area contributed by atoms with Crippen LogP contribution in [0.5, 0.6) is 0 Å².